The Hall–Kier alpha value is -2.15. The van der Waals surface area contributed by atoms with Crippen LogP contribution in [0.4, 0.5) is 5.82 Å². The van der Waals surface area contributed by atoms with Gasteiger partial charge in [0.2, 0.25) is 0 Å². The average Bonchev–Trinajstić information content (AvgIpc) is 2.56. The van der Waals surface area contributed by atoms with Crippen molar-refractivity contribution in [3.8, 4) is 0 Å². The Morgan fingerprint density at radius 1 is 1.23 bits per heavy atom. The van der Waals surface area contributed by atoms with Gasteiger partial charge in [-0.15, -0.1) is 0 Å². The molecule has 0 atom stereocenters. The molecule has 1 aromatic heterocycles. The van der Waals surface area contributed by atoms with Crippen molar-refractivity contribution in [2.45, 2.75) is 6.92 Å². The fourth-order valence-corrected chi connectivity index (χ4v) is 2.29. The Kier molecular flexibility index (Phi) is 5.71. The van der Waals surface area contributed by atoms with Gasteiger partial charge in [-0.2, -0.15) is 0 Å². The maximum Gasteiger partial charge on any atom is 0.339 e. The molecule has 120 valence electrons. The van der Waals surface area contributed by atoms with Crippen LogP contribution in [-0.4, -0.2) is 68.3 Å². The number of piperazine rings is 1. The van der Waals surface area contributed by atoms with E-state index in [-0.39, 0.29) is 11.9 Å². The van der Waals surface area contributed by atoms with Gasteiger partial charge in [-0.05, 0) is 19.1 Å². The Labute approximate surface area is 129 Å². The first-order valence-corrected chi connectivity index (χ1v) is 7.31. The number of esters is 2. The average molecular weight is 307 g/mol. The smallest absolute Gasteiger partial charge is 0.339 e. The maximum atomic E-state index is 11.6. The number of carbonyl (C=O) groups is 2. The molecular weight excluding hydrogens is 286 g/mol. The highest BCUT2D eigenvalue weighted by molar-refractivity contribution is 5.89. The van der Waals surface area contributed by atoms with Crippen LogP contribution < -0.4 is 4.90 Å². The molecule has 22 heavy (non-hydrogen) atoms. The van der Waals surface area contributed by atoms with Crippen LogP contribution in [-0.2, 0) is 14.3 Å². The van der Waals surface area contributed by atoms with Crippen molar-refractivity contribution in [2.75, 3.05) is 51.3 Å². The van der Waals surface area contributed by atoms with Crippen molar-refractivity contribution in [1.82, 2.24) is 9.88 Å². The highest BCUT2D eigenvalue weighted by atomic mass is 16.5. The number of aromatic nitrogens is 1. The van der Waals surface area contributed by atoms with Crippen molar-refractivity contribution >= 4 is 17.8 Å². The number of anilines is 1. The SMILES string of the molecule is CCOC(=O)c1ccc(N2CCN(CC(=O)OC)CC2)nc1. The van der Waals surface area contributed by atoms with Gasteiger partial charge in [0.25, 0.3) is 0 Å². The van der Waals surface area contributed by atoms with Gasteiger partial charge in [0, 0.05) is 32.4 Å². The topological polar surface area (TPSA) is 72.0 Å². The van der Waals surface area contributed by atoms with Crippen molar-refractivity contribution in [3.05, 3.63) is 23.9 Å². The molecule has 1 aliphatic heterocycles. The van der Waals surface area contributed by atoms with E-state index in [9.17, 15) is 9.59 Å². The van der Waals surface area contributed by atoms with Crippen molar-refractivity contribution < 1.29 is 19.1 Å². The first kappa shape index (κ1) is 16.2. The molecule has 0 bridgehead atoms. The summed E-state index contributed by atoms with van der Waals surface area (Å²) in [7, 11) is 1.40. The number of methoxy groups -OCH3 is 1. The van der Waals surface area contributed by atoms with E-state index in [0.717, 1.165) is 32.0 Å². The monoisotopic (exact) mass is 307 g/mol. The summed E-state index contributed by atoms with van der Waals surface area (Å²) in [5.41, 5.74) is 0.454. The van der Waals surface area contributed by atoms with E-state index in [0.29, 0.717) is 18.7 Å². The zero-order valence-corrected chi connectivity index (χ0v) is 12.9. The van der Waals surface area contributed by atoms with Crippen LogP contribution in [0.5, 0.6) is 0 Å². The molecule has 0 aliphatic carbocycles. The van der Waals surface area contributed by atoms with Crippen LogP contribution >= 0.6 is 0 Å². The molecule has 1 aromatic rings. The number of hydrogen-bond acceptors (Lipinski definition) is 7. The third-order valence-corrected chi connectivity index (χ3v) is 3.54. The quantitative estimate of drug-likeness (QED) is 0.736. The molecule has 1 saturated heterocycles. The number of rotatable bonds is 5. The first-order valence-electron chi connectivity index (χ1n) is 7.31. The van der Waals surface area contributed by atoms with Crippen molar-refractivity contribution in [1.29, 1.82) is 0 Å². The standard InChI is InChI=1S/C15H21N3O4/c1-3-22-15(20)12-4-5-13(16-10-12)18-8-6-17(7-9-18)11-14(19)21-2/h4-5,10H,3,6-9,11H2,1-2H3. The van der Waals surface area contributed by atoms with Crippen LogP contribution in [0.1, 0.15) is 17.3 Å². The molecule has 0 amide bonds. The fraction of sp³-hybridized carbons (Fsp3) is 0.533. The lowest BCUT2D eigenvalue weighted by molar-refractivity contribution is -0.142. The molecule has 0 saturated carbocycles. The molecule has 2 rings (SSSR count). The summed E-state index contributed by atoms with van der Waals surface area (Å²) in [4.78, 5) is 31.3. The summed E-state index contributed by atoms with van der Waals surface area (Å²) in [5, 5.41) is 0. The van der Waals surface area contributed by atoms with E-state index in [2.05, 4.69) is 19.5 Å². The van der Waals surface area contributed by atoms with Crippen LogP contribution in [0.2, 0.25) is 0 Å². The van der Waals surface area contributed by atoms with Gasteiger partial charge < -0.3 is 14.4 Å². The second-order valence-electron chi connectivity index (χ2n) is 4.96. The lowest BCUT2D eigenvalue weighted by atomic mass is 10.2. The summed E-state index contributed by atoms with van der Waals surface area (Å²) in [6.45, 7) is 5.55. The number of ether oxygens (including phenoxy) is 2. The Morgan fingerprint density at radius 3 is 2.50 bits per heavy atom. The number of carbonyl (C=O) groups excluding carboxylic acids is 2. The molecule has 0 unspecified atom stereocenters. The van der Waals surface area contributed by atoms with Crippen molar-refractivity contribution in [2.24, 2.45) is 0 Å². The number of pyridine rings is 1. The van der Waals surface area contributed by atoms with Crippen LogP contribution in [0, 0.1) is 0 Å². The van der Waals surface area contributed by atoms with Gasteiger partial charge in [-0.3, -0.25) is 9.69 Å². The second kappa shape index (κ2) is 7.74. The van der Waals surface area contributed by atoms with Gasteiger partial charge >= 0.3 is 11.9 Å². The summed E-state index contributed by atoms with van der Waals surface area (Å²) >= 11 is 0. The highest BCUT2D eigenvalue weighted by Crippen LogP contribution is 2.14. The normalized spacial score (nSPS) is 15.5. The maximum absolute atomic E-state index is 11.6. The van der Waals surface area contributed by atoms with Crippen LogP contribution in [0.3, 0.4) is 0 Å². The predicted molar refractivity (Wildman–Crippen MR) is 80.9 cm³/mol. The summed E-state index contributed by atoms with van der Waals surface area (Å²) in [6, 6.07) is 3.55. The van der Waals surface area contributed by atoms with Crippen LogP contribution in [0.15, 0.2) is 18.3 Å². The Balaban J connectivity index is 1.89. The summed E-state index contributed by atoms with van der Waals surface area (Å²) in [6.07, 6.45) is 1.54. The van der Waals surface area contributed by atoms with Gasteiger partial charge in [0.15, 0.2) is 0 Å². The Bertz CT molecular complexity index is 510. The third kappa shape index (κ3) is 4.17. The number of nitrogens with zero attached hydrogens (tertiary/aromatic N) is 3. The second-order valence-corrected chi connectivity index (χ2v) is 4.96. The van der Waals surface area contributed by atoms with E-state index >= 15 is 0 Å². The lowest BCUT2D eigenvalue weighted by Crippen LogP contribution is -2.48. The van der Waals surface area contributed by atoms with E-state index in [4.69, 9.17) is 4.74 Å². The largest absolute Gasteiger partial charge is 0.468 e. The third-order valence-electron chi connectivity index (χ3n) is 3.54. The molecule has 0 radical (unpaired) electrons. The van der Waals surface area contributed by atoms with Gasteiger partial charge in [-0.25, -0.2) is 9.78 Å². The summed E-state index contributed by atoms with van der Waals surface area (Å²) < 4.78 is 9.60. The number of hydrogen-bond donors (Lipinski definition) is 0. The molecule has 7 heteroatoms. The minimum Gasteiger partial charge on any atom is -0.468 e. The zero-order chi connectivity index (χ0) is 15.9. The predicted octanol–water partition coefficient (Wildman–Crippen LogP) is 0.553. The summed E-state index contributed by atoms with van der Waals surface area (Å²) in [5.74, 6) is 0.251. The molecule has 1 fully saturated rings. The highest BCUT2D eigenvalue weighted by Gasteiger charge is 2.20. The molecular formula is C15H21N3O4. The zero-order valence-electron chi connectivity index (χ0n) is 12.9. The minimum absolute atomic E-state index is 0.217. The molecule has 7 nitrogen and oxygen atoms in total. The van der Waals surface area contributed by atoms with E-state index in [1.54, 1.807) is 13.0 Å². The fourth-order valence-electron chi connectivity index (χ4n) is 2.29. The molecule has 0 N–H and O–H groups in total. The van der Waals surface area contributed by atoms with Gasteiger partial charge in [-0.1, -0.05) is 0 Å². The van der Waals surface area contributed by atoms with E-state index < -0.39 is 0 Å². The minimum atomic E-state index is -0.357. The van der Waals surface area contributed by atoms with E-state index in [1.165, 1.54) is 13.3 Å². The molecule has 2 heterocycles. The van der Waals surface area contributed by atoms with Gasteiger partial charge in [0.1, 0.15) is 5.82 Å². The molecule has 0 spiro atoms. The van der Waals surface area contributed by atoms with Crippen LogP contribution in [0.25, 0.3) is 0 Å². The lowest BCUT2D eigenvalue weighted by Gasteiger charge is -2.34. The molecule has 1 aliphatic rings. The van der Waals surface area contributed by atoms with Gasteiger partial charge in [0.05, 0.1) is 25.8 Å². The molecule has 0 aromatic carbocycles. The Morgan fingerprint density at radius 2 is 1.95 bits per heavy atom. The first-order chi connectivity index (χ1) is 10.6. The van der Waals surface area contributed by atoms with Crippen molar-refractivity contribution in [3.63, 3.8) is 0 Å². The van der Waals surface area contributed by atoms with E-state index in [1.807, 2.05) is 6.07 Å².